The van der Waals surface area contributed by atoms with Gasteiger partial charge < -0.3 is 4.74 Å². The second-order valence-electron chi connectivity index (χ2n) is 3.56. The molecule has 0 fully saturated rings. The molecule has 0 saturated heterocycles. The van der Waals surface area contributed by atoms with Crippen LogP contribution in [0.3, 0.4) is 0 Å². The van der Waals surface area contributed by atoms with E-state index in [4.69, 9.17) is 4.74 Å². The number of halogens is 2. The Kier molecular flexibility index (Phi) is 3.30. The van der Waals surface area contributed by atoms with Gasteiger partial charge in [0.15, 0.2) is 0 Å². The minimum Gasteiger partial charge on any atom is -0.372 e. The zero-order valence-electron chi connectivity index (χ0n) is 7.97. The molecule has 0 amide bonds. The van der Waals surface area contributed by atoms with Gasteiger partial charge >= 0.3 is 0 Å². The van der Waals surface area contributed by atoms with Crippen molar-refractivity contribution in [3.05, 3.63) is 33.8 Å². The summed E-state index contributed by atoms with van der Waals surface area (Å²) in [5.74, 6) is 0. The molecule has 1 aromatic rings. The van der Waals surface area contributed by atoms with Crippen molar-refractivity contribution in [3.63, 3.8) is 0 Å². The first-order valence-electron chi connectivity index (χ1n) is 4.72. The van der Waals surface area contributed by atoms with Crippen molar-refractivity contribution < 1.29 is 4.74 Å². The van der Waals surface area contributed by atoms with E-state index in [1.165, 1.54) is 11.1 Å². The van der Waals surface area contributed by atoms with Gasteiger partial charge in [0.05, 0.1) is 12.7 Å². The van der Waals surface area contributed by atoms with E-state index in [0.717, 1.165) is 17.5 Å². The van der Waals surface area contributed by atoms with Gasteiger partial charge in [-0.3, -0.25) is 0 Å². The Hall–Kier alpha value is 0.140. The minimum atomic E-state index is 0.201. The van der Waals surface area contributed by atoms with E-state index in [9.17, 15) is 0 Å². The Bertz CT molecular complexity index is 336. The van der Waals surface area contributed by atoms with Crippen LogP contribution in [0.25, 0.3) is 0 Å². The molecule has 2 rings (SSSR count). The van der Waals surface area contributed by atoms with Gasteiger partial charge in [0.25, 0.3) is 0 Å². The monoisotopic (exact) mass is 318 g/mol. The van der Waals surface area contributed by atoms with Crippen LogP contribution >= 0.6 is 31.9 Å². The summed E-state index contributed by atoms with van der Waals surface area (Å²) in [5.41, 5.74) is 2.73. The van der Waals surface area contributed by atoms with Crippen molar-refractivity contribution >= 4 is 31.9 Å². The Labute approximate surface area is 101 Å². The van der Waals surface area contributed by atoms with E-state index in [0.29, 0.717) is 4.83 Å². The fraction of sp³-hybridized carbons (Fsp3) is 0.455. The van der Waals surface area contributed by atoms with E-state index >= 15 is 0 Å². The molecule has 0 radical (unpaired) electrons. The molecular weight excluding hydrogens is 308 g/mol. The zero-order chi connectivity index (χ0) is 10.1. The lowest BCUT2D eigenvalue weighted by Crippen LogP contribution is -2.21. The van der Waals surface area contributed by atoms with Crippen LogP contribution < -0.4 is 0 Å². The summed E-state index contributed by atoms with van der Waals surface area (Å²) in [6.45, 7) is 2.95. The third-order valence-corrected chi connectivity index (χ3v) is 3.47. The molecule has 1 unspecified atom stereocenters. The van der Waals surface area contributed by atoms with E-state index in [-0.39, 0.29) is 6.10 Å². The third-order valence-electron chi connectivity index (χ3n) is 2.50. The van der Waals surface area contributed by atoms with Crippen molar-refractivity contribution in [3.8, 4) is 0 Å². The highest BCUT2D eigenvalue weighted by Gasteiger charge is 2.24. The highest BCUT2D eigenvalue weighted by Crippen LogP contribution is 2.33. The molecule has 0 aliphatic carbocycles. The fourth-order valence-corrected chi connectivity index (χ4v) is 2.68. The lowest BCUT2D eigenvalue weighted by Gasteiger charge is -2.28. The molecule has 0 saturated carbocycles. The summed E-state index contributed by atoms with van der Waals surface area (Å²) in [4.78, 5) is 0.364. The molecule has 76 valence electrons. The summed E-state index contributed by atoms with van der Waals surface area (Å²) in [6.07, 6.45) is 1.22. The van der Waals surface area contributed by atoms with Crippen LogP contribution in [-0.4, -0.2) is 11.4 Å². The maximum absolute atomic E-state index is 5.74. The largest absolute Gasteiger partial charge is 0.372 e. The Morgan fingerprint density at radius 3 is 3.00 bits per heavy atom. The first-order valence-corrected chi connectivity index (χ1v) is 6.43. The predicted octanol–water partition coefficient (Wildman–Crippen LogP) is 3.85. The number of alkyl halides is 1. The molecule has 0 spiro atoms. The summed E-state index contributed by atoms with van der Waals surface area (Å²) >= 11 is 7.08. The van der Waals surface area contributed by atoms with Crippen LogP contribution in [0.1, 0.15) is 24.2 Å². The van der Waals surface area contributed by atoms with E-state index in [2.05, 4.69) is 57.0 Å². The molecule has 1 aliphatic heterocycles. The Morgan fingerprint density at radius 2 is 2.29 bits per heavy atom. The topological polar surface area (TPSA) is 9.23 Å². The van der Waals surface area contributed by atoms with Gasteiger partial charge in [-0.1, -0.05) is 37.9 Å². The van der Waals surface area contributed by atoms with E-state index < -0.39 is 0 Å². The molecule has 0 bridgehead atoms. The summed E-state index contributed by atoms with van der Waals surface area (Å²) in [6, 6.07) is 6.43. The average Bonchev–Trinajstić information content (AvgIpc) is 2.16. The van der Waals surface area contributed by atoms with Gasteiger partial charge in [0.2, 0.25) is 0 Å². The first kappa shape index (κ1) is 10.7. The van der Waals surface area contributed by atoms with E-state index in [1.54, 1.807) is 0 Å². The van der Waals surface area contributed by atoms with Gasteiger partial charge in [-0.05, 0) is 36.6 Å². The standard InChI is InChI=1S/C11H12Br2O/c1-7(12)11-10-3-2-9(13)6-8(10)4-5-14-11/h2-3,6-7,11H,4-5H2,1H3/t7?,11-/m1/s1. The Morgan fingerprint density at radius 1 is 1.50 bits per heavy atom. The summed E-state index contributed by atoms with van der Waals surface area (Å²) in [7, 11) is 0. The number of ether oxygens (including phenoxy) is 1. The normalized spacial score (nSPS) is 22.9. The molecule has 1 nitrogen and oxygen atoms in total. The summed E-state index contributed by atoms with van der Waals surface area (Å²) < 4.78 is 6.90. The molecule has 1 aromatic carbocycles. The third kappa shape index (κ3) is 2.05. The molecule has 1 heterocycles. The maximum atomic E-state index is 5.74. The van der Waals surface area contributed by atoms with Gasteiger partial charge in [-0.2, -0.15) is 0 Å². The van der Waals surface area contributed by atoms with Crippen LogP contribution in [0.4, 0.5) is 0 Å². The van der Waals surface area contributed by atoms with Crippen molar-refractivity contribution in [2.24, 2.45) is 0 Å². The lowest BCUT2D eigenvalue weighted by atomic mass is 9.96. The molecule has 2 atom stereocenters. The molecule has 0 N–H and O–H groups in total. The quantitative estimate of drug-likeness (QED) is 0.714. The van der Waals surface area contributed by atoms with Crippen molar-refractivity contribution in [1.29, 1.82) is 0 Å². The number of hydrogen-bond acceptors (Lipinski definition) is 1. The van der Waals surface area contributed by atoms with E-state index in [1.807, 2.05) is 0 Å². The van der Waals surface area contributed by atoms with Crippen molar-refractivity contribution in [1.82, 2.24) is 0 Å². The second kappa shape index (κ2) is 4.33. The minimum absolute atomic E-state index is 0.201. The molecule has 1 aliphatic rings. The Balaban J connectivity index is 2.40. The second-order valence-corrected chi connectivity index (χ2v) is 5.92. The van der Waals surface area contributed by atoms with Gasteiger partial charge in [0, 0.05) is 9.30 Å². The van der Waals surface area contributed by atoms with Crippen LogP contribution in [0.5, 0.6) is 0 Å². The first-order chi connectivity index (χ1) is 6.68. The fourth-order valence-electron chi connectivity index (χ4n) is 1.83. The molecule has 0 aromatic heterocycles. The average molecular weight is 320 g/mol. The van der Waals surface area contributed by atoms with Gasteiger partial charge in [-0.25, -0.2) is 0 Å². The zero-order valence-corrected chi connectivity index (χ0v) is 11.1. The number of rotatable bonds is 1. The predicted molar refractivity (Wildman–Crippen MR) is 64.9 cm³/mol. The van der Waals surface area contributed by atoms with Crippen LogP contribution in [0, 0.1) is 0 Å². The highest BCUT2D eigenvalue weighted by atomic mass is 79.9. The molecular formula is C11H12Br2O. The lowest BCUT2D eigenvalue weighted by molar-refractivity contribution is 0.0449. The number of hydrogen-bond donors (Lipinski definition) is 0. The molecule has 3 heteroatoms. The van der Waals surface area contributed by atoms with Crippen LogP contribution in [0.2, 0.25) is 0 Å². The maximum Gasteiger partial charge on any atom is 0.0949 e. The highest BCUT2D eigenvalue weighted by molar-refractivity contribution is 9.10. The van der Waals surface area contributed by atoms with Crippen molar-refractivity contribution in [2.75, 3.05) is 6.61 Å². The summed E-state index contributed by atoms with van der Waals surface area (Å²) in [5, 5.41) is 0. The van der Waals surface area contributed by atoms with Gasteiger partial charge in [-0.15, -0.1) is 0 Å². The number of benzene rings is 1. The van der Waals surface area contributed by atoms with Crippen LogP contribution in [0.15, 0.2) is 22.7 Å². The smallest absolute Gasteiger partial charge is 0.0949 e. The van der Waals surface area contributed by atoms with Crippen molar-refractivity contribution in [2.45, 2.75) is 24.3 Å². The molecule has 14 heavy (non-hydrogen) atoms. The van der Waals surface area contributed by atoms with Crippen LogP contribution in [-0.2, 0) is 11.2 Å². The number of fused-ring (bicyclic) bond motifs is 1. The SMILES string of the molecule is CC(Br)[C@H]1OCCc2cc(Br)ccc21. The van der Waals surface area contributed by atoms with Gasteiger partial charge in [0.1, 0.15) is 0 Å².